The van der Waals surface area contributed by atoms with Crippen molar-refractivity contribution in [2.45, 2.75) is 64.5 Å². The molecule has 128 valence electrons. The zero-order valence-electron chi connectivity index (χ0n) is 14.3. The van der Waals surface area contributed by atoms with Crippen LogP contribution in [0.2, 0.25) is 0 Å². The Morgan fingerprint density at radius 2 is 2.00 bits per heavy atom. The topological polar surface area (TPSA) is 59.6 Å². The molecule has 1 aliphatic heterocycles. The van der Waals surface area contributed by atoms with Gasteiger partial charge in [0.2, 0.25) is 0 Å². The average molecular weight is 312 g/mol. The molecule has 22 heavy (non-hydrogen) atoms. The van der Waals surface area contributed by atoms with Gasteiger partial charge in [-0.15, -0.1) is 0 Å². The lowest BCUT2D eigenvalue weighted by Gasteiger charge is -2.27. The first-order chi connectivity index (χ1) is 10.4. The molecule has 0 bridgehead atoms. The number of alkyl carbamates (subject to hydrolysis) is 1. The largest absolute Gasteiger partial charge is 0.444 e. The van der Waals surface area contributed by atoms with Gasteiger partial charge in [-0.1, -0.05) is 12.8 Å². The molecule has 1 amide bonds. The van der Waals surface area contributed by atoms with E-state index in [9.17, 15) is 4.79 Å². The van der Waals surface area contributed by atoms with Crippen LogP contribution in [0.15, 0.2) is 0 Å². The number of carbonyl (C=O) groups is 1. The van der Waals surface area contributed by atoms with Gasteiger partial charge in [0.05, 0.1) is 6.61 Å². The molecular formula is C17H32N2O3. The Morgan fingerprint density at radius 3 is 2.59 bits per heavy atom. The van der Waals surface area contributed by atoms with Crippen molar-refractivity contribution in [2.75, 3.05) is 26.3 Å². The van der Waals surface area contributed by atoms with Crippen LogP contribution in [0.25, 0.3) is 0 Å². The van der Waals surface area contributed by atoms with Crippen molar-refractivity contribution in [2.24, 2.45) is 11.8 Å². The van der Waals surface area contributed by atoms with Gasteiger partial charge in [0, 0.05) is 25.7 Å². The first-order valence-corrected chi connectivity index (χ1v) is 8.72. The molecule has 2 N–H and O–H groups in total. The fraction of sp³-hybridized carbons (Fsp3) is 0.941. The maximum Gasteiger partial charge on any atom is 0.407 e. The highest BCUT2D eigenvalue weighted by Gasteiger charge is 2.27. The highest BCUT2D eigenvalue weighted by Crippen LogP contribution is 2.28. The summed E-state index contributed by atoms with van der Waals surface area (Å²) in [4.78, 5) is 11.9. The maximum absolute atomic E-state index is 11.9. The predicted octanol–water partition coefficient (Wildman–Crippen LogP) is 2.70. The van der Waals surface area contributed by atoms with Crippen LogP contribution >= 0.6 is 0 Å². The van der Waals surface area contributed by atoms with Gasteiger partial charge in [-0.05, 0) is 51.9 Å². The molecule has 1 aliphatic carbocycles. The highest BCUT2D eigenvalue weighted by atomic mass is 16.6. The van der Waals surface area contributed by atoms with Crippen LogP contribution in [0.5, 0.6) is 0 Å². The maximum atomic E-state index is 11.9. The molecule has 1 saturated carbocycles. The third-order valence-electron chi connectivity index (χ3n) is 4.53. The summed E-state index contributed by atoms with van der Waals surface area (Å²) in [6.45, 7) is 9.04. The van der Waals surface area contributed by atoms with Crippen molar-refractivity contribution < 1.29 is 14.3 Å². The third kappa shape index (κ3) is 6.13. The van der Waals surface area contributed by atoms with Crippen molar-refractivity contribution in [3.8, 4) is 0 Å². The molecule has 5 nitrogen and oxygen atoms in total. The molecule has 2 fully saturated rings. The normalized spacial score (nSPS) is 24.4. The van der Waals surface area contributed by atoms with E-state index in [1.54, 1.807) is 0 Å². The van der Waals surface area contributed by atoms with Crippen LogP contribution in [0.3, 0.4) is 0 Å². The lowest BCUT2D eigenvalue weighted by Crippen LogP contribution is -2.47. The van der Waals surface area contributed by atoms with Crippen LogP contribution in [-0.4, -0.2) is 44.0 Å². The Hall–Kier alpha value is -0.810. The van der Waals surface area contributed by atoms with E-state index < -0.39 is 5.60 Å². The lowest BCUT2D eigenvalue weighted by molar-refractivity contribution is 0.0517. The lowest BCUT2D eigenvalue weighted by atomic mass is 9.97. The Labute approximate surface area is 134 Å². The van der Waals surface area contributed by atoms with E-state index in [0.29, 0.717) is 24.4 Å². The molecule has 0 aromatic carbocycles. The minimum absolute atomic E-state index is 0.318. The second-order valence-electron chi connectivity index (χ2n) is 7.67. The molecule has 1 saturated heterocycles. The van der Waals surface area contributed by atoms with E-state index in [4.69, 9.17) is 9.47 Å². The smallest absolute Gasteiger partial charge is 0.407 e. The van der Waals surface area contributed by atoms with Gasteiger partial charge in [0.15, 0.2) is 0 Å². The molecule has 0 aromatic heterocycles. The summed E-state index contributed by atoms with van der Waals surface area (Å²) in [5.74, 6) is 1.28. The van der Waals surface area contributed by atoms with Gasteiger partial charge >= 0.3 is 6.09 Å². The molecule has 0 radical (unpaired) electrons. The molecule has 1 heterocycles. The second-order valence-corrected chi connectivity index (χ2v) is 7.67. The van der Waals surface area contributed by atoms with E-state index in [2.05, 4.69) is 10.6 Å². The van der Waals surface area contributed by atoms with Crippen molar-refractivity contribution >= 4 is 6.09 Å². The molecule has 0 aromatic rings. The summed E-state index contributed by atoms with van der Waals surface area (Å²) in [6.07, 6.45) is 5.96. The van der Waals surface area contributed by atoms with E-state index in [0.717, 1.165) is 26.2 Å². The van der Waals surface area contributed by atoms with Crippen molar-refractivity contribution in [3.63, 3.8) is 0 Å². The Kier molecular flexibility index (Phi) is 6.50. The van der Waals surface area contributed by atoms with Gasteiger partial charge in [0.1, 0.15) is 5.60 Å². The fourth-order valence-electron chi connectivity index (χ4n) is 3.34. The van der Waals surface area contributed by atoms with E-state index >= 15 is 0 Å². The predicted molar refractivity (Wildman–Crippen MR) is 86.9 cm³/mol. The summed E-state index contributed by atoms with van der Waals surface area (Å²) in [6, 6.07) is 0.343. The van der Waals surface area contributed by atoms with E-state index in [-0.39, 0.29) is 6.09 Å². The molecule has 0 spiro atoms. The van der Waals surface area contributed by atoms with Gasteiger partial charge in [-0.2, -0.15) is 0 Å². The summed E-state index contributed by atoms with van der Waals surface area (Å²) < 4.78 is 10.8. The van der Waals surface area contributed by atoms with Crippen LogP contribution in [0.1, 0.15) is 52.9 Å². The number of rotatable bonds is 6. The number of nitrogens with one attached hydrogen (secondary N) is 2. The first-order valence-electron chi connectivity index (χ1n) is 8.72. The molecule has 2 rings (SSSR count). The number of ether oxygens (including phenoxy) is 2. The fourth-order valence-corrected chi connectivity index (χ4v) is 3.34. The highest BCUT2D eigenvalue weighted by molar-refractivity contribution is 5.67. The quantitative estimate of drug-likeness (QED) is 0.792. The van der Waals surface area contributed by atoms with Gasteiger partial charge in [0.25, 0.3) is 0 Å². The molecule has 2 unspecified atom stereocenters. The average Bonchev–Trinajstić information content (AvgIpc) is 3.09. The number of hydrogen-bond donors (Lipinski definition) is 2. The molecule has 2 aliphatic rings. The molecule has 5 heteroatoms. The minimum atomic E-state index is -0.443. The Morgan fingerprint density at radius 1 is 1.27 bits per heavy atom. The van der Waals surface area contributed by atoms with Gasteiger partial charge in [-0.3, -0.25) is 0 Å². The van der Waals surface area contributed by atoms with Crippen molar-refractivity contribution in [1.29, 1.82) is 0 Å². The first kappa shape index (κ1) is 17.5. The summed E-state index contributed by atoms with van der Waals surface area (Å²) in [7, 11) is 0. The third-order valence-corrected chi connectivity index (χ3v) is 4.53. The minimum Gasteiger partial charge on any atom is -0.444 e. The molecular weight excluding hydrogens is 280 g/mol. The number of carbonyl (C=O) groups excluding carboxylic acids is 1. The summed E-state index contributed by atoms with van der Waals surface area (Å²) in [5, 5.41) is 6.61. The summed E-state index contributed by atoms with van der Waals surface area (Å²) >= 11 is 0. The monoisotopic (exact) mass is 312 g/mol. The standard InChI is InChI=1S/C17H32N2O3/c1-17(2,3)22-16(20)19-11-15(14-6-4-5-7-14)18-10-13-8-9-21-12-13/h13-15,18H,4-12H2,1-3H3,(H,19,20). The Bertz CT molecular complexity index is 342. The van der Waals surface area contributed by atoms with Crippen molar-refractivity contribution in [1.82, 2.24) is 10.6 Å². The Balaban J connectivity index is 1.77. The second kappa shape index (κ2) is 8.16. The zero-order chi connectivity index (χ0) is 16.0. The van der Waals surface area contributed by atoms with E-state index in [1.165, 1.54) is 25.7 Å². The van der Waals surface area contributed by atoms with Crippen molar-refractivity contribution in [3.05, 3.63) is 0 Å². The summed E-state index contributed by atoms with van der Waals surface area (Å²) in [5.41, 5.74) is -0.443. The van der Waals surface area contributed by atoms with Gasteiger partial charge in [-0.25, -0.2) is 4.79 Å². The SMILES string of the molecule is CC(C)(C)OC(=O)NCC(NCC1CCOC1)C1CCCC1. The number of hydrogen-bond acceptors (Lipinski definition) is 4. The van der Waals surface area contributed by atoms with Crippen LogP contribution in [0, 0.1) is 11.8 Å². The van der Waals surface area contributed by atoms with Crippen LogP contribution < -0.4 is 10.6 Å². The van der Waals surface area contributed by atoms with Crippen LogP contribution in [0.4, 0.5) is 4.79 Å². The van der Waals surface area contributed by atoms with Crippen LogP contribution in [-0.2, 0) is 9.47 Å². The van der Waals surface area contributed by atoms with Gasteiger partial charge < -0.3 is 20.1 Å². The van der Waals surface area contributed by atoms with E-state index in [1.807, 2.05) is 20.8 Å². The molecule has 2 atom stereocenters. The zero-order valence-corrected chi connectivity index (χ0v) is 14.3. The number of amides is 1.